The summed E-state index contributed by atoms with van der Waals surface area (Å²) < 4.78 is 2.25. The molecule has 0 spiro atoms. The Bertz CT molecular complexity index is 1120. The summed E-state index contributed by atoms with van der Waals surface area (Å²) in [5.74, 6) is 0.677. The van der Waals surface area contributed by atoms with E-state index < -0.39 is 0 Å². The van der Waals surface area contributed by atoms with Crippen molar-refractivity contribution in [1.29, 1.82) is 0 Å². The number of pyridine rings is 1. The van der Waals surface area contributed by atoms with E-state index in [-0.39, 0.29) is 5.91 Å². The molecule has 4 aromatic rings. The average Bonchev–Trinajstić information content (AvgIpc) is 3.14. The number of anilines is 2. The summed E-state index contributed by atoms with van der Waals surface area (Å²) in [5, 5.41) is 10.5. The van der Waals surface area contributed by atoms with Gasteiger partial charge in [0, 0.05) is 25.6 Å². The summed E-state index contributed by atoms with van der Waals surface area (Å²) in [6, 6.07) is 15.9. The monoisotopic (exact) mass is 473 g/mol. The van der Waals surface area contributed by atoms with Crippen molar-refractivity contribution in [3.8, 4) is 0 Å². The van der Waals surface area contributed by atoms with E-state index in [2.05, 4.69) is 50.7 Å². The molecule has 2 aromatic heterocycles. The molecule has 0 saturated heterocycles. The van der Waals surface area contributed by atoms with Gasteiger partial charge >= 0.3 is 0 Å². The number of benzene rings is 2. The first-order valence-electron chi connectivity index (χ1n) is 8.28. The quantitative estimate of drug-likeness (QED) is 0.383. The molecule has 0 bridgehead atoms. The molecule has 0 saturated carbocycles. The minimum absolute atomic E-state index is 0.0956. The number of carbonyl (C=O) groups excluding carboxylic acids is 1. The zero-order chi connectivity index (χ0) is 18.1. The molecular formula is C20H16IN3OS. The molecule has 6 heteroatoms. The lowest BCUT2D eigenvalue weighted by molar-refractivity contribution is 0.0957. The highest BCUT2D eigenvalue weighted by Crippen LogP contribution is 2.36. The number of hydrogen-bond donors (Lipinski definition) is 2. The third-order valence-electron chi connectivity index (χ3n) is 4.13. The molecular weight excluding hydrogens is 457 g/mol. The number of nitrogens with zero attached hydrogens (tertiary/aromatic N) is 1. The Labute approximate surface area is 168 Å². The normalized spacial score (nSPS) is 11.0. The van der Waals surface area contributed by atoms with Gasteiger partial charge in [0.25, 0.3) is 5.91 Å². The average molecular weight is 473 g/mol. The minimum Gasteiger partial charge on any atom is -0.352 e. The van der Waals surface area contributed by atoms with Crippen LogP contribution in [0.5, 0.6) is 0 Å². The minimum atomic E-state index is -0.0956. The Balaban J connectivity index is 1.94. The largest absolute Gasteiger partial charge is 0.352 e. The van der Waals surface area contributed by atoms with Crippen LogP contribution >= 0.6 is 33.9 Å². The van der Waals surface area contributed by atoms with Crippen LogP contribution in [0.2, 0.25) is 0 Å². The lowest BCUT2D eigenvalue weighted by Gasteiger charge is -2.12. The second-order valence-electron chi connectivity index (χ2n) is 5.79. The maximum atomic E-state index is 12.5. The molecule has 0 atom stereocenters. The second-order valence-corrected chi connectivity index (χ2v) is 7.87. The maximum Gasteiger partial charge on any atom is 0.253 e. The van der Waals surface area contributed by atoms with Gasteiger partial charge in [0.2, 0.25) is 0 Å². The van der Waals surface area contributed by atoms with Crippen molar-refractivity contribution in [2.75, 3.05) is 11.9 Å². The van der Waals surface area contributed by atoms with Gasteiger partial charge in [0.15, 0.2) is 0 Å². The topological polar surface area (TPSA) is 54.0 Å². The zero-order valence-electron chi connectivity index (χ0n) is 14.0. The predicted molar refractivity (Wildman–Crippen MR) is 118 cm³/mol. The molecule has 0 aliphatic carbocycles. The van der Waals surface area contributed by atoms with Crippen LogP contribution in [0.25, 0.3) is 21.0 Å². The smallest absolute Gasteiger partial charge is 0.253 e. The number of hydrogen-bond acceptors (Lipinski definition) is 4. The molecule has 2 heterocycles. The summed E-state index contributed by atoms with van der Waals surface area (Å²) in [7, 11) is 0. The van der Waals surface area contributed by atoms with Crippen LogP contribution < -0.4 is 10.6 Å². The SMILES string of the molecule is CCNC(=O)c1cccc2c1nc(Nc1ccccc1I)c1ccsc12. The lowest BCUT2D eigenvalue weighted by Crippen LogP contribution is -2.23. The fourth-order valence-electron chi connectivity index (χ4n) is 2.95. The first kappa shape index (κ1) is 17.2. The van der Waals surface area contributed by atoms with Crippen LogP contribution in [0.15, 0.2) is 53.9 Å². The molecule has 2 aromatic carbocycles. The maximum absolute atomic E-state index is 12.5. The van der Waals surface area contributed by atoms with Crippen LogP contribution in [-0.4, -0.2) is 17.4 Å². The molecule has 0 radical (unpaired) electrons. The third-order valence-corrected chi connectivity index (χ3v) is 6.02. The Kier molecular flexibility index (Phi) is 4.78. The van der Waals surface area contributed by atoms with Crippen molar-refractivity contribution in [3.63, 3.8) is 0 Å². The molecule has 4 rings (SSSR count). The van der Waals surface area contributed by atoms with Gasteiger partial charge in [0.1, 0.15) is 5.82 Å². The number of amides is 1. The number of thiophene rings is 1. The predicted octanol–water partition coefficient (Wildman–Crippen LogP) is 5.55. The molecule has 4 nitrogen and oxygen atoms in total. The van der Waals surface area contributed by atoms with E-state index in [0.717, 1.165) is 36.1 Å². The van der Waals surface area contributed by atoms with Crippen molar-refractivity contribution in [2.24, 2.45) is 0 Å². The number of halogens is 1. The van der Waals surface area contributed by atoms with Crippen LogP contribution in [0, 0.1) is 3.57 Å². The van der Waals surface area contributed by atoms with Crippen LogP contribution in [0.4, 0.5) is 11.5 Å². The Hall–Kier alpha value is -2.19. The van der Waals surface area contributed by atoms with E-state index in [1.807, 2.05) is 43.3 Å². The standard InChI is InChI=1S/C20H16IN3OS/c1-2-22-20(25)13-7-5-6-12-17(13)24-19(14-10-11-26-18(12)14)23-16-9-4-3-8-15(16)21/h3-11H,2H2,1H3,(H,22,25)(H,23,24). The second kappa shape index (κ2) is 7.20. The summed E-state index contributed by atoms with van der Waals surface area (Å²) in [4.78, 5) is 17.3. The molecule has 0 aliphatic heterocycles. The van der Waals surface area contributed by atoms with Gasteiger partial charge in [-0.25, -0.2) is 4.98 Å². The van der Waals surface area contributed by atoms with Gasteiger partial charge in [-0.1, -0.05) is 24.3 Å². The van der Waals surface area contributed by atoms with Crippen LogP contribution in [0.1, 0.15) is 17.3 Å². The van der Waals surface area contributed by atoms with Crippen molar-refractivity contribution in [3.05, 3.63) is 63.0 Å². The van der Waals surface area contributed by atoms with Crippen molar-refractivity contribution < 1.29 is 4.79 Å². The fourth-order valence-corrected chi connectivity index (χ4v) is 4.39. The van der Waals surface area contributed by atoms with E-state index >= 15 is 0 Å². The van der Waals surface area contributed by atoms with Crippen LogP contribution in [0.3, 0.4) is 0 Å². The van der Waals surface area contributed by atoms with E-state index in [9.17, 15) is 4.79 Å². The first-order chi connectivity index (χ1) is 12.7. The summed E-state index contributed by atoms with van der Waals surface area (Å²) in [6.45, 7) is 2.50. The van der Waals surface area contributed by atoms with Crippen LogP contribution in [-0.2, 0) is 0 Å². The molecule has 130 valence electrons. The Morgan fingerprint density at radius 1 is 1.12 bits per heavy atom. The molecule has 26 heavy (non-hydrogen) atoms. The van der Waals surface area contributed by atoms with Gasteiger partial charge in [-0.3, -0.25) is 4.79 Å². The Morgan fingerprint density at radius 2 is 1.96 bits per heavy atom. The highest BCUT2D eigenvalue weighted by molar-refractivity contribution is 14.1. The zero-order valence-corrected chi connectivity index (χ0v) is 17.0. The number of fused-ring (bicyclic) bond motifs is 3. The number of nitrogens with one attached hydrogen (secondary N) is 2. The highest BCUT2D eigenvalue weighted by Gasteiger charge is 2.16. The van der Waals surface area contributed by atoms with Gasteiger partial charge in [-0.15, -0.1) is 11.3 Å². The van der Waals surface area contributed by atoms with Crippen molar-refractivity contribution in [2.45, 2.75) is 6.92 Å². The Morgan fingerprint density at radius 3 is 2.77 bits per heavy atom. The number of carbonyl (C=O) groups is 1. The summed E-state index contributed by atoms with van der Waals surface area (Å²) >= 11 is 3.97. The van der Waals surface area contributed by atoms with Gasteiger partial charge in [-0.05, 0) is 59.2 Å². The number of para-hydroxylation sites is 2. The molecule has 0 aliphatic rings. The van der Waals surface area contributed by atoms with E-state index in [1.54, 1.807) is 11.3 Å². The molecule has 0 fully saturated rings. The van der Waals surface area contributed by atoms with E-state index in [1.165, 1.54) is 0 Å². The molecule has 1 amide bonds. The first-order valence-corrected chi connectivity index (χ1v) is 10.2. The fraction of sp³-hybridized carbons (Fsp3) is 0.100. The molecule has 2 N–H and O–H groups in total. The lowest BCUT2D eigenvalue weighted by atomic mass is 10.1. The van der Waals surface area contributed by atoms with E-state index in [4.69, 9.17) is 4.98 Å². The highest BCUT2D eigenvalue weighted by atomic mass is 127. The van der Waals surface area contributed by atoms with Gasteiger partial charge in [0.05, 0.1) is 16.8 Å². The number of rotatable bonds is 4. The van der Waals surface area contributed by atoms with Gasteiger partial charge in [-0.2, -0.15) is 0 Å². The van der Waals surface area contributed by atoms with Crippen molar-refractivity contribution in [1.82, 2.24) is 10.3 Å². The molecule has 0 unspecified atom stereocenters. The van der Waals surface area contributed by atoms with E-state index in [0.29, 0.717) is 12.1 Å². The van der Waals surface area contributed by atoms with Crippen molar-refractivity contribution >= 4 is 72.3 Å². The van der Waals surface area contributed by atoms with Gasteiger partial charge < -0.3 is 10.6 Å². The summed E-state index contributed by atoms with van der Waals surface area (Å²) in [6.07, 6.45) is 0. The third kappa shape index (κ3) is 3.03. The summed E-state index contributed by atoms with van der Waals surface area (Å²) in [5.41, 5.74) is 2.33. The number of aromatic nitrogens is 1.